The van der Waals surface area contributed by atoms with Crippen molar-refractivity contribution in [3.05, 3.63) is 28.9 Å². The maximum atomic E-state index is 13.1. The Hall–Kier alpha value is -2.60. The number of amides is 3. The number of hydrogen-bond acceptors (Lipinski definition) is 7. The van der Waals surface area contributed by atoms with Crippen LogP contribution in [0.15, 0.2) is 17.1 Å². The SMILES string of the molecule is Cc1nc(N2CN(CC3CC3(F)F)NC2=O)sc1C(=O)NCc1cocn1. The van der Waals surface area contributed by atoms with Gasteiger partial charge in [-0.1, -0.05) is 11.3 Å². The molecular weight excluding hydrogens is 382 g/mol. The summed E-state index contributed by atoms with van der Waals surface area (Å²) in [6.07, 6.45) is 2.54. The van der Waals surface area contributed by atoms with E-state index in [1.54, 1.807) is 6.92 Å². The molecule has 144 valence electrons. The first-order valence-electron chi connectivity index (χ1n) is 8.17. The van der Waals surface area contributed by atoms with E-state index in [4.69, 9.17) is 4.42 Å². The summed E-state index contributed by atoms with van der Waals surface area (Å²) in [6, 6.07) is -0.456. The number of oxazole rings is 1. The number of nitrogens with one attached hydrogen (secondary N) is 2. The Kier molecular flexibility index (Phi) is 4.30. The average molecular weight is 398 g/mol. The molecule has 3 amide bonds. The van der Waals surface area contributed by atoms with Crippen LogP contribution in [0, 0.1) is 12.8 Å². The highest BCUT2D eigenvalue weighted by atomic mass is 32.1. The van der Waals surface area contributed by atoms with E-state index in [0.29, 0.717) is 21.4 Å². The summed E-state index contributed by atoms with van der Waals surface area (Å²) < 4.78 is 31.0. The number of aromatic nitrogens is 2. The second-order valence-electron chi connectivity index (χ2n) is 6.44. The van der Waals surface area contributed by atoms with E-state index in [9.17, 15) is 18.4 Å². The molecule has 2 aliphatic rings. The first kappa shape index (κ1) is 17.8. The van der Waals surface area contributed by atoms with Gasteiger partial charge in [0.1, 0.15) is 17.8 Å². The molecule has 2 aromatic rings. The third-order valence-electron chi connectivity index (χ3n) is 4.34. The van der Waals surface area contributed by atoms with Gasteiger partial charge in [-0.15, -0.1) is 0 Å². The van der Waals surface area contributed by atoms with Crippen LogP contribution in [0.4, 0.5) is 18.7 Å². The van der Waals surface area contributed by atoms with Crippen molar-refractivity contribution in [2.24, 2.45) is 5.92 Å². The maximum Gasteiger partial charge on any atom is 0.339 e. The van der Waals surface area contributed by atoms with Crippen molar-refractivity contribution in [1.29, 1.82) is 0 Å². The number of rotatable bonds is 6. The second-order valence-corrected chi connectivity index (χ2v) is 7.42. The zero-order valence-corrected chi connectivity index (χ0v) is 15.1. The van der Waals surface area contributed by atoms with Crippen LogP contribution in [0.3, 0.4) is 0 Å². The standard InChI is InChI=1S/C15H16F2N6O3S/c1-8-11(12(24)18-3-10-5-26-6-19-10)27-14(20-8)23-7-22(21-13(23)25)4-9-2-15(9,16)17/h5-6,9H,2-4,7H2,1H3,(H,18,24)(H,21,25). The first-order valence-corrected chi connectivity index (χ1v) is 8.99. The van der Waals surface area contributed by atoms with E-state index in [1.165, 1.54) is 22.6 Å². The molecule has 1 aliphatic carbocycles. The Labute approximate surface area is 156 Å². The lowest BCUT2D eigenvalue weighted by atomic mass is 10.3. The van der Waals surface area contributed by atoms with Crippen molar-refractivity contribution in [2.75, 3.05) is 18.1 Å². The number of urea groups is 1. The quantitative estimate of drug-likeness (QED) is 0.768. The fourth-order valence-electron chi connectivity index (χ4n) is 2.73. The molecule has 0 aromatic carbocycles. The Morgan fingerprint density at radius 2 is 2.33 bits per heavy atom. The highest BCUT2D eigenvalue weighted by molar-refractivity contribution is 7.17. The molecule has 0 spiro atoms. The van der Waals surface area contributed by atoms with E-state index in [2.05, 4.69) is 20.7 Å². The highest BCUT2D eigenvalue weighted by Crippen LogP contribution is 2.48. The summed E-state index contributed by atoms with van der Waals surface area (Å²) in [5.41, 5.74) is 3.61. The van der Waals surface area contributed by atoms with Crippen LogP contribution >= 0.6 is 11.3 Å². The van der Waals surface area contributed by atoms with Crippen LogP contribution in [0.1, 0.15) is 27.5 Å². The lowest BCUT2D eigenvalue weighted by molar-refractivity contribution is 0.0852. The molecule has 3 heterocycles. The fourth-order valence-corrected chi connectivity index (χ4v) is 3.71. The summed E-state index contributed by atoms with van der Waals surface area (Å²) in [4.78, 5) is 34.4. The number of carbonyl (C=O) groups is 2. The molecule has 27 heavy (non-hydrogen) atoms. The van der Waals surface area contributed by atoms with Crippen molar-refractivity contribution < 1.29 is 22.8 Å². The van der Waals surface area contributed by atoms with Crippen LogP contribution in [0.2, 0.25) is 0 Å². The van der Waals surface area contributed by atoms with Crippen LogP contribution in [0.25, 0.3) is 0 Å². The summed E-state index contributed by atoms with van der Waals surface area (Å²) >= 11 is 1.07. The topological polar surface area (TPSA) is 104 Å². The van der Waals surface area contributed by atoms with Crippen LogP contribution in [-0.2, 0) is 6.54 Å². The zero-order valence-electron chi connectivity index (χ0n) is 14.2. The number of anilines is 1. The second kappa shape index (κ2) is 6.53. The lowest BCUT2D eigenvalue weighted by Gasteiger charge is -2.13. The predicted octanol–water partition coefficient (Wildman–Crippen LogP) is 1.73. The third kappa shape index (κ3) is 3.62. The molecule has 1 saturated carbocycles. The van der Waals surface area contributed by atoms with Gasteiger partial charge in [-0.25, -0.2) is 23.5 Å². The van der Waals surface area contributed by atoms with Gasteiger partial charge in [0.25, 0.3) is 11.8 Å². The summed E-state index contributed by atoms with van der Waals surface area (Å²) in [5.74, 6) is -3.73. The Morgan fingerprint density at radius 3 is 3.00 bits per heavy atom. The molecule has 12 heteroatoms. The smallest absolute Gasteiger partial charge is 0.339 e. The molecule has 2 aromatic heterocycles. The number of hydrazine groups is 1. The van der Waals surface area contributed by atoms with Gasteiger partial charge in [0.05, 0.1) is 17.9 Å². The van der Waals surface area contributed by atoms with Gasteiger partial charge in [-0.2, -0.15) is 5.01 Å². The minimum Gasteiger partial charge on any atom is -0.451 e. The number of carbonyl (C=O) groups excluding carboxylic acids is 2. The van der Waals surface area contributed by atoms with E-state index >= 15 is 0 Å². The van der Waals surface area contributed by atoms with Crippen LogP contribution in [-0.4, -0.2) is 46.1 Å². The summed E-state index contributed by atoms with van der Waals surface area (Å²) in [5, 5.41) is 4.48. The average Bonchev–Trinajstić information content (AvgIpc) is 3.09. The summed E-state index contributed by atoms with van der Waals surface area (Å²) in [6.45, 7) is 2.04. The Balaban J connectivity index is 1.40. The lowest BCUT2D eigenvalue weighted by Crippen LogP contribution is -2.35. The first-order chi connectivity index (χ1) is 12.8. The fraction of sp³-hybridized carbons (Fsp3) is 0.467. The predicted molar refractivity (Wildman–Crippen MR) is 90.2 cm³/mol. The van der Waals surface area contributed by atoms with Crippen molar-refractivity contribution in [1.82, 2.24) is 25.7 Å². The zero-order chi connectivity index (χ0) is 19.2. The van der Waals surface area contributed by atoms with Gasteiger partial charge in [0.2, 0.25) is 0 Å². The third-order valence-corrected chi connectivity index (χ3v) is 5.52. The van der Waals surface area contributed by atoms with Gasteiger partial charge in [-0.05, 0) is 6.92 Å². The molecule has 2 fully saturated rings. The largest absolute Gasteiger partial charge is 0.451 e. The Morgan fingerprint density at radius 1 is 1.56 bits per heavy atom. The van der Waals surface area contributed by atoms with Crippen LogP contribution < -0.4 is 15.6 Å². The normalized spacial score (nSPS) is 21.4. The number of halogens is 2. The van der Waals surface area contributed by atoms with Crippen molar-refractivity contribution in [3.63, 3.8) is 0 Å². The molecule has 2 N–H and O–H groups in total. The minimum absolute atomic E-state index is 0.0740. The molecule has 1 aliphatic heterocycles. The number of alkyl halides is 2. The molecule has 4 rings (SSSR count). The van der Waals surface area contributed by atoms with Gasteiger partial charge >= 0.3 is 6.03 Å². The molecule has 1 saturated heterocycles. The van der Waals surface area contributed by atoms with Gasteiger partial charge in [0, 0.05) is 18.9 Å². The van der Waals surface area contributed by atoms with Gasteiger partial charge in [-0.3, -0.25) is 15.1 Å². The van der Waals surface area contributed by atoms with Crippen molar-refractivity contribution >= 4 is 28.4 Å². The van der Waals surface area contributed by atoms with Crippen molar-refractivity contribution in [2.45, 2.75) is 25.8 Å². The van der Waals surface area contributed by atoms with Crippen LogP contribution in [0.5, 0.6) is 0 Å². The van der Waals surface area contributed by atoms with Gasteiger partial charge in [0.15, 0.2) is 11.5 Å². The van der Waals surface area contributed by atoms with Crippen molar-refractivity contribution in [3.8, 4) is 0 Å². The monoisotopic (exact) mass is 398 g/mol. The maximum absolute atomic E-state index is 13.1. The summed E-state index contributed by atoms with van der Waals surface area (Å²) in [7, 11) is 0. The number of nitrogens with zero attached hydrogens (tertiary/aromatic N) is 4. The molecule has 0 radical (unpaired) electrons. The number of aryl methyl sites for hydroxylation is 1. The molecular formula is C15H16F2N6O3S. The molecule has 1 atom stereocenters. The van der Waals surface area contributed by atoms with E-state index < -0.39 is 17.9 Å². The highest BCUT2D eigenvalue weighted by Gasteiger charge is 2.57. The Bertz CT molecular complexity index is 871. The number of hydrogen-bond donors (Lipinski definition) is 2. The molecule has 1 unspecified atom stereocenters. The van der Waals surface area contributed by atoms with E-state index in [0.717, 1.165) is 11.3 Å². The molecule has 0 bridgehead atoms. The molecule has 9 nitrogen and oxygen atoms in total. The minimum atomic E-state index is -2.65. The van der Waals surface area contributed by atoms with E-state index in [1.807, 2.05) is 0 Å². The van der Waals surface area contributed by atoms with E-state index in [-0.39, 0.29) is 32.1 Å². The number of thiazole rings is 1. The van der Waals surface area contributed by atoms with Gasteiger partial charge < -0.3 is 9.73 Å².